The van der Waals surface area contributed by atoms with Crippen LogP contribution in [0.4, 0.5) is 0 Å². The first-order chi connectivity index (χ1) is 6.57. The summed E-state index contributed by atoms with van der Waals surface area (Å²) in [6, 6.07) is 1.55. The predicted octanol–water partition coefficient (Wildman–Crippen LogP) is 1.86. The quantitative estimate of drug-likeness (QED) is 0.688. The first kappa shape index (κ1) is 10.4. The van der Waals surface area contributed by atoms with E-state index in [9.17, 15) is 0 Å². The number of piperidine rings is 1. The number of nitrogens with one attached hydrogen (secondary N) is 1. The molecule has 2 unspecified atom stereocenters. The van der Waals surface area contributed by atoms with E-state index in [-0.39, 0.29) is 0 Å². The molecule has 2 nitrogen and oxygen atoms in total. The molecule has 2 fully saturated rings. The fourth-order valence-corrected chi connectivity index (χ4v) is 2.76. The molecule has 0 radical (unpaired) electrons. The van der Waals surface area contributed by atoms with Gasteiger partial charge < -0.3 is 5.32 Å². The summed E-state index contributed by atoms with van der Waals surface area (Å²) in [5.74, 6) is 0. The molecule has 2 heterocycles. The highest BCUT2D eigenvalue weighted by molar-refractivity contribution is 4.90. The summed E-state index contributed by atoms with van der Waals surface area (Å²) in [6.07, 6.45) is 4.12. The summed E-state index contributed by atoms with van der Waals surface area (Å²) >= 11 is 0. The fourth-order valence-electron chi connectivity index (χ4n) is 2.76. The third kappa shape index (κ3) is 2.29. The van der Waals surface area contributed by atoms with Gasteiger partial charge in [0.05, 0.1) is 0 Å². The van der Waals surface area contributed by atoms with Gasteiger partial charge in [-0.05, 0) is 38.1 Å². The largest absolute Gasteiger partial charge is 0.313 e. The van der Waals surface area contributed by atoms with Crippen molar-refractivity contribution in [3.8, 4) is 0 Å². The van der Waals surface area contributed by atoms with Gasteiger partial charge in [0, 0.05) is 25.2 Å². The van der Waals surface area contributed by atoms with Gasteiger partial charge in [-0.25, -0.2) is 0 Å². The lowest BCUT2D eigenvalue weighted by Crippen LogP contribution is -2.48. The van der Waals surface area contributed by atoms with Gasteiger partial charge in [-0.3, -0.25) is 4.90 Å². The van der Waals surface area contributed by atoms with Crippen LogP contribution in [0.2, 0.25) is 0 Å². The Labute approximate surface area is 88.1 Å². The summed E-state index contributed by atoms with van der Waals surface area (Å²) in [5.41, 5.74) is 0.559. The second kappa shape index (κ2) is 3.82. The molecule has 14 heavy (non-hydrogen) atoms. The first-order valence-corrected chi connectivity index (χ1v) is 6.04. The molecule has 0 amide bonds. The monoisotopic (exact) mass is 196 g/mol. The van der Waals surface area contributed by atoms with Crippen LogP contribution in [0.15, 0.2) is 0 Å². The minimum atomic E-state index is 0.559. The second-order valence-corrected chi connectivity index (χ2v) is 5.93. The van der Waals surface area contributed by atoms with Crippen LogP contribution in [-0.2, 0) is 0 Å². The molecule has 2 atom stereocenters. The van der Waals surface area contributed by atoms with Crippen molar-refractivity contribution in [2.75, 3.05) is 19.6 Å². The SMILES string of the molecule is CC1CCC(N2CCC(C)(C)C2)CN1. The highest BCUT2D eigenvalue weighted by Crippen LogP contribution is 2.31. The zero-order valence-corrected chi connectivity index (χ0v) is 9.84. The standard InChI is InChI=1S/C12H24N2/c1-10-4-5-11(8-13-10)14-7-6-12(2,3)9-14/h10-11,13H,4-9H2,1-3H3. The van der Waals surface area contributed by atoms with Crippen molar-refractivity contribution in [1.82, 2.24) is 10.2 Å². The van der Waals surface area contributed by atoms with Gasteiger partial charge in [0.25, 0.3) is 0 Å². The van der Waals surface area contributed by atoms with Crippen LogP contribution < -0.4 is 5.32 Å². The van der Waals surface area contributed by atoms with E-state index >= 15 is 0 Å². The number of rotatable bonds is 1. The molecule has 0 aromatic heterocycles. The average molecular weight is 196 g/mol. The highest BCUT2D eigenvalue weighted by atomic mass is 15.2. The van der Waals surface area contributed by atoms with Crippen molar-refractivity contribution in [2.45, 2.75) is 52.1 Å². The van der Waals surface area contributed by atoms with Crippen molar-refractivity contribution in [3.05, 3.63) is 0 Å². The van der Waals surface area contributed by atoms with E-state index in [1.54, 1.807) is 0 Å². The molecular weight excluding hydrogens is 172 g/mol. The van der Waals surface area contributed by atoms with Crippen molar-refractivity contribution in [3.63, 3.8) is 0 Å². The minimum absolute atomic E-state index is 0.559. The van der Waals surface area contributed by atoms with Gasteiger partial charge in [-0.2, -0.15) is 0 Å². The lowest BCUT2D eigenvalue weighted by Gasteiger charge is -2.35. The van der Waals surface area contributed by atoms with E-state index in [0.29, 0.717) is 5.41 Å². The molecule has 0 aromatic carbocycles. The van der Waals surface area contributed by atoms with E-state index in [4.69, 9.17) is 0 Å². The van der Waals surface area contributed by atoms with Crippen LogP contribution in [0.1, 0.15) is 40.0 Å². The van der Waals surface area contributed by atoms with Gasteiger partial charge in [-0.1, -0.05) is 13.8 Å². The van der Waals surface area contributed by atoms with Gasteiger partial charge in [0.1, 0.15) is 0 Å². The zero-order valence-electron chi connectivity index (χ0n) is 9.84. The Bertz CT molecular complexity index is 192. The van der Waals surface area contributed by atoms with Gasteiger partial charge in [0.15, 0.2) is 0 Å². The third-order valence-corrected chi connectivity index (χ3v) is 3.86. The topological polar surface area (TPSA) is 15.3 Å². The van der Waals surface area contributed by atoms with Gasteiger partial charge in [-0.15, -0.1) is 0 Å². The lowest BCUT2D eigenvalue weighted by atomic mass is 9.93. The molecular formula is C12H24N2. The van der Waals surface area contributed by atoms with E-state index in [2.05, 4.69) is 31.0 Å². The fraction of sp³-hybridized carbons (Fsp3) is 1.00. The van der Waals surface area contributed by atoms with Gasteiger partial charge in [0.2, 0.25) is 0 Å². The Morgan fingerprint density at radius 3 is 2.57 bits per heavy atom. The Morgan fingerprint density at radius 2 is 2.07 bits per heavy atom. The third-order valence-electron chi connectivity index (χ3n) is 3.86. The molecule has 2 saturated heterocycles. The second-order valence-electron chi connectivity index (χ2n) is 5.93. The summed E-state index contributed by atoms with van der Waals surface area (Å²) in [7, 11) is 0. The van der Waals surface area contributed by atoms with E-state index < -0.39 is 0 Å². The number of nitrogens with zero attached hydrogens (tertiary/aromatic N) is 1. The van der Waals surface area contributed by atoms with Crippen LogP contribution >= 0.6 is 0 Å². The van der Waals surface area contributed by atoms with E-state index in [0.717, 1.165) is 12.1 Å². The number of hydrogen-bond acceptors (Lipinski definition) is 2. The first-order valence-electron chi connectivity index (χ1n) is 6.04. The molecule has 0 saturated carbocycles. The van der Waals surface area contributed by atoms with E-state index in [1.165, 1.54) is 38.9 Å². The average Bonchev–Trinajstić information content (AvgIpc) is 2.47. The Balaban J connectivity index is 1.85. The molecule has 2 aliphatic rings. The van der Waals surface area contributed by atoms with Crippen molar-refractivity contribution in [2.24, 2.45) is 5.41 Å². The van der Waals surface area contributed by atoms with Crippen molar-refractivity contribution >= 4 is 0 Å². The molecule has 2 aliphatic heterocycles. The normalized spacial score (nSPS) is 38.8. The Kier molecular flexibility index (Phi) is 2.85. The molecule has 0 spiro atoms. The molecule has 82 valence electrons. The minimum Gasteiger partial charge on any atom is -0.313 e. The maximum Gasteiger partial charge on any atom is 0.0221 e. The highest BCUT2D eigenvalue weighted by Gasteiger charge is 2.34. The molecule has 0 bridgehead atoms. The summed E-state index contributed by atoms with van der Waals surface area (Å²) < 4.78 is 0. The van der Waals surface area contributed by atoms with Crippen LogP contribution in [-0.4, -0.2) is 36.6 Å². The smallest absolute Gasteiger partial charge is 0.0221 e. The maximum absolute atomic E-state index is 3.59. The molecule has 0 aromatic rings. The zero-order chi connectivity index (χ0) is 10.2. The molecule has 1 N–H and O–H groups in total. The van der Waals surface area contributed by atoms with E-state index in [1.807, 2.05) is 0 Å². The summed E-state index contributed by atoms with van der Waals surface area (Å²) in [4.78, 5) is 2.69. The summed E-state index contributed by atoms with van der Waals surface area (Å²) in [6.45, 7) is 10.9. The van der Waals surface area contributed by atoms with Crippen LogP contribution in [0.3, 0.4) is 0 Å². The Morgan fingerprint density at radius 1 is 1.29 bits per heavy atom. The molecule has 2 heteroatoms. The molecule has 2 rings (SSSR count). The summed E-state index contributed by atoms with van der Waals surface area (Å²) in [5, 5.41) is 3.59. The number of hydrogen-bond donors (Lipinski definition) is 1. The van der Waals surface area contributed by atoms with Crippen LogP contribution in [0.5, 0.6) is 0 Å². The predicted molar refractivity (Wildman–Crippen MR) is 60.5 cm³/mol. The van der Waals surface area contributed by atoms with Crippen molar-refractivity contribution in [1.29, 1.82) is 0 Å². The van der Waals surface area contributed by atoms with Gasteiger partial charge >= 0.3 is 0 Å². The van der Waals surface area contributed by atoms with Crippen LogP contribution in [0.25, 0.3) is 0 Å². The lowest BCUT2D eigenvalue weighted by molar-refractivity contribution is 0.171. The van der Waals surface area contributed by atoms with Crippen molar-refractivity contribution < 1.29 is 0 Å². The number of likely N-dealkylation sites (tertiary alicyclic amines) is 1. The molecule has 0 aliphatic carbocycles. The van der Waals surface area contributed by atoms with Crippen LogP contribution in [0, 0.1) is 5.41 Å². The maximum atomic E-state index is 3.59. The Hall–Kier alpha value is -0.0800.